The van der Waals surface area contributed by atoms with Gasteiger partial charge in [0.25, 0.3) is 11.5 Å². The highest BCUT2D eigenvalue weighted by molar-refractivity contribution is 6.33. The number of halogens is 2. The first-order valence-corrected chi connectivity index (χ1v) is 10.9. The lowest BCUT2D eigenvalue weighted by Crippen LogP contribution is -2.47. The number of likely N-dealkylation sites (tertiary alicyclic amines) is 1. The summed E-state index contributed by atoms with van der Waals surface area (Å²) in [6.07, 6.45) is 1.83. The average molecular weight is 473 g/mol. The number of hydrogen-bond acceptors (Lipinski definition) is 4. The number of aromatic amines is 1. The topological polar surface area (TPSA) is 99.7 Å². The highest BCUT2D eigenvalue weighted by Gasteiger charge is 2.31. The van der Waals surface area contributed by atoms with Gasteiger partial charge in [0.2, 0.25) is 0 Å². The second kappa shape index (κ2) is 9.23. The molecule has 1 saturated heterocycles. The van der Waals surface area contributed by atoms with Crippen molar-refractivity contribution < 1.29 is 23.8 Å². The van der Waals surface area contributed by atoms with E-state index >= 15 is 0 Å². The number of amides is 1. The molecule has 2 aromatic carbocycles. The van der Waals surface area contributed by atoms with Gasteiger partial charge in [-0.2, -0.15) is 0 Å². The van der Waals surface area contributed by atoms with Crippen molar-refractivity contribution in [1.29, 1.82) is 0 Å². The molecule has 9 heteroatoms. The summed E-state index contributed by atoms with van der Waals surface area (Å²) in [5.74, 6) is -1.93. The molecule has 1 aromatic heterocycles. The van der Waals surface area contributed by atoms with Crippen LogP contribution in [0.2, 0.25) is 5.02 Å². The Bertz CT molecular complexity index is 1290. The van der Waals surface area contributed by atoms with Crippen LogP contribution in [0.15, 0.2) is 47.4 Å². The summed E-state index contributed by atoms with van der Waals surface area (Å²) in [5, 5.41) is 10.4. The van der Waals surface area contributed by atoms with Gasteiger partial charge in [-0.25, -0.2) is 4.39 Å². The largest absolute Gasteiger partial charge is 0.481 e. The van der Waals surface area contributed by atoms with Gasteiger partial charge in [-0.1, -0.05) is 11.6 Å². The predicted octanol–water partition coefficient (Wildman–Crippen LogP) is 4.08. The van der Waals surface area contributed by atoms with Crippen LogP contribution in [0.3, 0.4) is 0 Å². The van der Waals surface area contributed by atoms with Crippen LogP contribution in [0.1, 0.15) is 19.8 Å². The Morgan fingerprint density at radius 1 is 1.21 bits per heavy atom. The number of rotatable bonds is 5. The Morgan fingerprint density at radius 2 is 2.00 bits per heavy atom. The van der Waals surface area contributed by atoms with Crippen molar-refractivity contribution >= 4 is 34.2 Å². The van der Waals surface area contributed by atoms with Gasteiger partial charge in [-0.05, 0) is 61.5 Å². The summed E-state index contributed by atoms with van der Waals surface area (Å²) in [6.45, 7) is 2.23. The molecule has 0 aliphatic carbocycles. The van der Waals surface area contributed by atoms with Crippen molar-refractivity contribution in [3.05, 3.63) is 63.8 Å². The lowest BCUT2D eigenvalue weighted by atomic mass is 9.98. The number of H-pyrrole nitrogens is 1. The number of carbonyl (C=O) groups is 2. The Morgan fingerprint density at radius 3 is 2.73 bits per heavy atom. The molecule has 0 unspecified atom stereocenters. The molecule has 0 saturated carbocycles. The van der Waals surface area contributed by atoms with Gasteiger partial charge in [0.1, 0.15) is 11.6 Å². The number of nitrogens with one attached hydrogen (secondary N) is 1. The highest BCUT2D eigenvalue weighted by Crippen LogP contribution is 2.33. The first kappa shape index (κ1) is 22.8. The normalized spacial score (nSPS) is 17.1. The van der Waals surface area contributed by atoms with Gasteiger partial charge in [0.15, 0.2) is 6.10 Å². The van der Waals surface area contributed by atoms with Crippen molar-refractivity contribution in [2.24, 2.45) is 5.92 Å². The molecule has 1 aliphatic heterocycles. The monoisotopic (exact) mass is 472 g/mol. The van der Waals surface area contributed by atoms with E-state index in [4.69, 9.17) is 16.3 Å². The molecule has 1 aliphatic rings. The van der Waals surface area contributed by atoms with Crippen molar-refractivity contribution in [1.82, 2.24) is 9.88 Å². The first-order chi connectivity index (χ1) is 15.7. The van der Waals surface area contributed by atoms with Crippen LogP contribution < -0.4 is 10.3 Å². The first-order valence-electron chi connectivity index (χ1n) is 10.5. The quantitative estimate of drug-likeness (QED) is 0.583. The molecule has 33 heavy (non-hydrogen) atoms. The number of nitrogens with zero attached hydrogens (tertiary/aromatic N) is 1. The number of pyridine rings is 1. The number of hydrogen-bond donors (Lipinski definition) is 2. The van der Waals surface area contributed by atoms with Crippen LogP contribution in [-0.2, 0) is 9.59 Å². The molecule has 0 radical (unpaired) electrons. The fraction of sp³-hybridized carbons (Fsp3) is 0.292. The SMILES string of the molecule is C[C@H](Oc1ccc2c(-c3ccc(F)cc3Cl)c[nH]c(=O)c2c1)C(=O)N1CCC[C@H](C(=O)O)C1. The highest BCUT2D eigenvalue weighted by atomic mass is 35.5. The predicted molar refractivity (Wildman–Crippen MR) is 122 cm³/mol. The molecule has 7 nitrogen and oxygen atoms in total. The third-order valence-electron chi connectivity index (χ3n) is 5.84. The maximum absolute atomic E-state index is 13.5. The maximum Gasteiger partial charge on any atom is 0.308 e. The van der Waals surface area contributed by atoms with E-state index in [2.05, 4.69) is 4.98 Å². The number of benzene rings is 2. The summed E-state index contributed by atoms with van der Waals surface area (Å²) in [4.78, 5) is 40.7. The average Bonchev–Trinajstić information content (AvgIpc) is 2.79. The molecule has 4 rings (SSSR count). The number of aliphatic carboxylic acids is 1. The molecular weight excluding hydrogens is 451 g/mol. The Hall–Kier alpha value is -3.39. The lowest BCUT2D eigenvalue weighted by Gasteiger charge is -2.32. The Balaban J connectivity index is 1.59. The molecular formula is C24H22ClFN2O5. The number of piperidine rings is 1. The van der Waals surface area contributed by atoms with E-state index in [1.165, 1.54) is 29.3 Å². The standard InChI is InChI=1S/C24H22ClFN2O5/c1-13(23(30)28-8-2-3-14(12-28)24(31)32)33-16-5-7-17-19(10-16)22(29)27-11-20(17)18-6-4-15(26)9-21(18)25/h4-7,9-11,13-14H,2-3,8,12H2,1H3,(H,27,29)(H,31,32)/t13-,14-/m0/s1. The fourth-order valence-corrected chi connectivity index (χ4v) is 4.40. The number of aromatic nitrogens is 1. The van der Waals surface area contributed by atoms with E-state index in [0.717, 1.165) is 0 Å². The van der Waals surface area contributed by atoms with Crippen molar-refractivity contribution in [2.75, 3.05) is 13.1 Å². The summed E-state index contributed by atoms with van der Waals surface area (Å²) in [6, 6.07) is 8.90. The minimum atomic E-state index is -0.910. The van der Waals surface area contributed by atoms with Crippen molar-refractivity contribution in [3.63, 3.8) is 0 Å². The molecule has 3 aromatic rings. The second-order valence-electron chi connectivity index (χ2n) is 8.08. The summed E-state index contributed by atoms with van der Waals surface area (Å²) in [5.41, 5.74) is 0.838. The van der Waals surface area contributed by atoms with Gasteiger partial charge in [0.05, 0.1) is 16.3 Å². The number of carboxylic acid groups (broad SMARTS) is 1. The van der Waals surface area contributed by atoms with Crippen molar-refractivity contribution in [3.8, 4) is 16.9 Å². The van der Waals surface area contributed by atoms with Gasteiger partial charge < -0.3 is 19.7 Å². The zero-order valence-corrected chi connectivity index (χ0v) is 18.6. The van der Waals surface area contributed by atoms with E-state index in [1.54, 1.807) is 25.1 Å². The lowest BCUT2D eigenvalue weighted by molar-refractivity contribution is -0.147. The molecule has 1 fully saturated rings. The molecule has 2 atom stereocenters. The zero-order chi connectivity index (χ0) is 23.7. The summed E-state index contributed by atoms with van der Waals surface area (Å²) >= 11 is 6.21. The van der Waals surface area contributed by atoms with Gasteiger partial charge in [-0.15, -0.1) is 0 Å². The molecule has 172 valence electrons. The van der Waals surface area contributed by atoms with E-state index in [1.807, 2.05) is 0 Å². The van der Waals surface area contributed by atoms with Crippen LogP contribution in [-0.4, -0.2) is 46.1 Å². The Labute approximate surface area is 193 Å². The van der Waals surface area contributed by atoms with Gasteiger partial charge in [0, 0.05) is 30.4 Å². The third kappa shape index (κ3) is 4.71. The van der Waals surface area contributed by atoms with Crippen LogP contribution in [0.4, 0.5) is 4.39 Å². The minimum Gasteiger partial charge on any atom is -0.481 e. The minimum absolute atomic E-state index is 0.154. The maximum atomic E-state index is 13.5. The van der Waals surface area contributed by atoms with E-state index in [9.17, 15) is 23.9 Å². The Kier molecular flexibility index (Phi) is 6.37. The van der Waals surface area contributed by atoms with E-state index in [0.29, 0.717) is 47.0 Å². The molecule has 0 spiro atoms. The fourth-order valence-electron chi connectivity index (χ4n) is 4.13. The van der Waals surface area contributed by atoms with E-state index < -0.39 is 23.8 Å². The second-order valence-corrected chi connectivity index (χ2v) is 8.49. The van der Waals surface area contributed by atoms with Crippen LogP contribution in [0.25, 0.3) is 21.9 Å². The summed E-state index contributed by atoms with van der Waals surface area (Å²) < 4.78 is 19.3. The zero-order valence-electron chi connectivity index (χ0n) is 17.8. The molecule has 2 heterocycles. The smallest absolute Gasteiger partial charge is 0.308 e. The number of fused-ring (bicyclic) bond motifs is 1. The van der Waals surface area contributed by atoms with Gasteiger partial charge >= 0.3 is 5.97 Å². The number of carbonyl (C=O) groups excluding carboxylic acids is 1. The third-order valence-corrected chi connectivity index (χ3v) is 6.15. The molecule has 2 N–H and O–H groups in total. The number of ether oxygens (including phenoxy) is 1. The number of carboxylic acids is 1. The van der Waals surface area contributed by atoms with Gasteiger partial charge in [-0.3, -0.25) is 14.4 Å². The van der Waals surface area contributed by atoms with Crippen LogP contribution in [0.5, 0.6) is 5.75 Å². The van der Waals surface area contributed by atoms with E-state index in [-0.39, 0.29) is 23.0 Å². The van der Waals surface area contributed by atoms with Crippen molar-refractivity contribution in [2.45, 2.75) is 25.9 Å². The van der Waals surface area contributed by atoms with Crippen LogP contribution in [0, 0.1) is 11.7 Å². The summed E-state index contributed by atoms with van der Waals surface area (Å²) in [7, 11) is 0. The van der Waals surface area contributed by atoms with Crippen LogP contribution >= 0.6 is 11.6 Å². The molecule has 1 amide bonds. The molecule has 0 bridgehead atoms.